The Morgan fingerprint density at radius 2 is 2.00 bits per heavy atom. The summed E-state index contributed by atoms with van der Waals surface area (Å²) < 4.78 is 1.83. The molecule has 1 aliphatic heterocycles. The molecular weight excluding hydrogens is 222 g/mol. The molecule has 6 heteroatoms. The highest BCUT2D eigenvalue weighted by Crippen LogP contribution is 2.17. The average Bonchev–Trinajstić information content (AvgIpc) is 2.62. The van der Waals surface area contributed by atoms with Gasteiger partial charge in [0.1, 0.15) is 0 Å². The zero-order valence-electron chi connectivity index (χ0n) is 9.72. The Kier molecular flexibility index (Phi) is 4.06. The molecule has 1 aliphatic rings. The molecule has 1 aromatic heterocycles. The summed E-state index contributed by atoms with van der Waals surface area (Å²) in [6.45, 7) is 3.64. The van der Waals surface area contributed by atoms with Crippen LogP contribution >= 0.6 is 11.8 Å². The van der Waals surface area contributed by atoms with Crippen LogP contribution in [-0.2, 0) is 7.05 Å². The van der Waals surface area contributed by atoms with Gasteiger partial charge in [0.15, 0.2) is 5.16 Å². The first kappa shape index (κ1) is 11.7. The molecular formula is C10H19N5S. The Morgan fingerprint density at radius 1 is 1.25 bits per heavy atom. The summed E-state index contributed by atoms with van der Waals surface area (Å²) in [6, 6.07) is 0. The lowest BCUT2D eigenvalue weighted by Crippen LogP contribution is -2.31. The second-order valence-electron chi connectivity index (χ2n) is 4.15. The van der Waals surface area contributed by atoms with Gasteiger partial charge in [0.05, 0.1) is 0 Å². The number of aromatic nitrogens is 3. The van der Waals surface area contributed by atoms with Crippen LogP contribution < -0.4 is 5.73 Å². The maximum Gasteiger partial charge on any atom is 0.222 e. The van der Waals surface area contributed by atoms with Crippen LogP contribution in [0.15, 0.2) is 5.16 Å². The monoisotopic (exact) mass is 241 g/mol. The highest BCUT2D eigenvalue weighted by molar-refractivity contribution is 7.99. The molecule has 1 aromatic rings. The predicted octanol–water partition coefficient (Wildman–Crippen LogP) is 0.975. The van der Waals surface area contributed by atoms with Gasteiger partial charge in [0, 0.05) is 19.3 Å². The molecule has 2 rings (SSSR count). The highest BCUT2D eigenvalue weighted by Gasteiger charge is 2.11. The van der Waals surface area contributed by atoms with Crippen LogP contribution in [0.4, 0.5) is 5.95 Å². The number of hydrogen-bond acceptors (Lipinski definition) is 5. The molecule has 16 heavy (non-hydrogen) atoms. The molecule has 0 aliphatic carbocycles. The van der Waals surface area contributed by atoms with E-state index >= 15 is 0 Å². The van der Waals surface area contributed by atoms with Gasteiger partial charge in [-0.25, -0.2) is 0 Å². The molecule has 0 aromatic carbocycles. The second kappa shape index (κ2) is 5.54. The van der Waals surface area contributed by atoms with Gasteiger partial charge in [0.2, 0.25) is 5.95 Å². The van der Waals surface area contributed by atoms with Gasteiger partial charge >= 0.3 is 0 Å². The van der Waals surface area contributed by atoms with Gasteiger partial charge in [-0.15, -0.1) is 10.2 Å². The molecule has 0 amide bonds. The molecule has 0 saturated carbocycles. The molecule has 0 radical (unpaired) electrons. The lowest BCUT2D eigenvalue weighted by atomic mass is 10.1. The Balaban J connectivity index is 1.73. The second-order valence-corrected chi connectivity index (χ2v) is 5.21. The van der Waals surface area contributed by atoms with E-state index in [1.54, 1.807) is 11.8 Å². The molecule has 1 saturated heterocycles. The number of rotatable bonds is 4. The molecule has 2 N–H and O–H groups in total. The SMILES string of the molecule is Cn1c(N)nnc1SCCN1CCCCC1. The zero-order valence-corrected chi connectivity index (χ0v) is 10.5. The molecule has 0 bridgehead atoms. The maximum atomic E-state index is 5.62. The fourth-order valence-corrected chi connectivity index (χ4v) is 2.82. The summed E-state index contributed by atoms with van der Waals surface area (Å²) in [4.78, 5) is 2.52. The first-order chi connectivity index (χ1) is 7.77. The van der Waals surface area contributed by atoms with Crippen molar-refractivity contribution >= 4 is 17.7 Å². The summed E-state index contributed by atoms with van der Waals surface area (Å²) in [7, 11) is 1.90. The van der Waals surface area contributed by atoms with Gasteiger partial charge in [-0.3, -0.25) is 4.57 Å². The van der Waals surface area contributed by atoms with Crippen LogP contribution in [0.5, 0.6) is 0 Å². The number of thioether (sulfide) groups is 1. The summed E-state index contributed by atoms with van der Waals surface area (Å²) in [5, 5.41) is 8.78. The van der Waals surface area contributed by atoms with Gasteiger partial charge < -0.3 is 10.6 Å². The summed E-state index contributed by atoms with van der Waals surface area (Å²) >= 11 is 1.73. The molecule has 0 atom stereocenters. The van der Waals surface area contributed by atoms with E-state index in [2.05, 4.69) is 15.1 Å². The average molecular weight is 241 g/mol. The Hall–Kier alpha value is -0.750. The number of nitrogens with two attached hydrogens (primary N) is 1. The van der Waals surface area contributed by atoms with Crippen LogP contribution in [0.2, 0.25) is 0 Å². The fourth-order valence-electron chi connectivity index (χ4n) is 1.90. The topological polar surface area (TPSA) is 60.0 Å². The quantitative estimate of drug-likeness (QED) is 0.796. The fraction of sp³-hybridized carbons (Fsp3) is 0.800. The standard InChI is InChI=1S/C10H19N5S/c1-14-9(11)12-13-10(14)16-8-7-15-5-3-2-4-6-15/h2-8H2,1H3,(H2,11,12). The van der Waals surface area contributed by atoms with Crippen LogP contribution in [0.25, 0.3) is 0 Å². The number of hydrogen-bond donors (Lipinski definition) is 1. The van der Waals surface area contributed by atoms with E-state index in [9.17, 15) is 0 Å². The lowest BCUT2D eigenvalue weighted by molar-refractivity contribution is 0.242. The van der Waals surface area contributed by atoms with E-state index in [0.717, 1.165) is 17.5 Å². The number of likely N-dealkylation sites (tertiary alicyclic amines) is 1. The minimum atomic E-state index is 0.487. The normalized spacial score (nSPS) is 17.8. The van der Waals surface area contributed by atoms with Crippen LogP contribution in [-0.4, -0.2) is 45.1 Å². The van der Waals surface area contributed by atoms with Gasteiger partial charge in [-0.2, -0.15) is 0 Å². The van der Waals surface area contributed by atoms with E-state index in [1.165, 1.54) is 32.4 Å². The van der Waals surface area contributed by atoms with E-state index in [1.807, 2.05) is 11.6 Å². The van der Waals surface area contributed by atoms with Crippen LogP contribution in [0.1, 0.15) is 19.3 Å². The van der Waals surface area contributed by atoms with Crippen molar-refractivity contribution in [1.82, 2.24) is 19.7 Å². The summed E-state index contributed by atoms with van der Waals surface area (Å²) in [5.41, 5.74) is 5.62. The third-order valence-electron chi connectivity index (χ3n) is 2.96. The lowest BCUT2D eigenvalue weighted by Gasteiger charge is -2.25. The Morgan fingerprint density at radius 3 is 2.62 bits per heavy atom. The van der Waals surface area contributed by atoms with Gasteiger partial charge in [0.25, 0.3) is 0 Å². The predicted molar refractivity (Wildman–Crippen MR) is 66.4 cm³/mol. The van der Waals surface area contributed by atoms with Crippen LogP contribution in [0, 0.1) is 0 Å². The van der Waals surface area contributed by atoms with Crippen molar-refractivity contribution in [2.75, 3.05) is 31.1 Å². The Bertz CT molecular complexity index is 332. The summed E-state index contributed by atoms with van der Waals surface area (Å²) in [5.74, 6) is 1.55. The van der Waals surface area contributed by atoms with Crippen molar-refractivity contribution in [3.8, 4) is 0 Å². The molecule has 0 unspecified atom stereocenters. The van der Waals surface area contributed by atoms with E-state index in [0.29, 0.717) is 5.95 Å². The Labute approximate surface area is 100 Å². The maximum absolute atomic E-state index is 5.62. The molecule has 2 heterocycles. The van der Waals surface area contributed by atoms with Gasteiger partial charge in [-0.1, -0.05) is 18.2 Å². The van der Waals surface area contributed by atoms with Crippen molar-refractivity contribution < 1.29 is 0 Å². The minimum Gasteiger partial charge on any atom is -0.368 e. The first-order valence-electron chi connectivity index (χ1n) is 5.77. The minimum absolute atomic E-state index is 0.487. The van der Waals surface area contributed by atoms with Crippen molar-refractivity contribution in [3.05, 3.63) is 0 Å². The molecule has 1 fully saturated rings. The van der Waals surface area contributed by atoms with E-state index in [-0.39, 0.29) is 0 Å². The van der Waals surface area contributed by atoms with Crippen molar-refractivity contribution in [2.24, 2.45) is 7.05 Å². The van der Waals surface area contributed by atoms with E-state index < -0.39 is 0 Å². The number of piperidine rings is 1. The van der Waals surface area contributed by atoms with Crippen molar-refractivity contribution in [3.63, 3.8) is 0 Å². The van der Waals surface area contributed by atoms with Crippen molar-refractivity contribution in [1.29, 1.82) is 0 Å². The number of anilines is 1. The largest absolute Gasteiger partial charge is 0.368 e. The highest BCUT2D eigenvalue weighted by atomic mass is 32.2. The van der Waals surface area contributed by atoms with Gasteiger partial charge in [-0.05, 0) is 25.9 Å². The molecule has 5 nitrogen and oxygen atoms in total. The first-order valence-corrected chi connectivity index (χ1v) is 6.76. The third kappa shape index (κ3) is 2.89. The van der Waals surface area contributed by atoms with Crippen molar-refractivity contribution in [2.45, 2.75) is 24.4 Å². The summed E-state index contributed by atoms with van der Waals surface area (Å²) in [6.07, 6.45) is 4.09. The number of nitrogen functional groups attached to an aromatic ring is 1. The van der Waals surface area contributed by atoms with Crippen LogP contribution in [0.3, 0.4) is 0 Å². The third-order valence-corrected chi connectivity index (χ3v) is 3.96. The molecule has 0 spiro atoms. The zero-order chi connectivity index (χ0) is 11.4. The van der Waals surface area contributed by atoms with E-state index in [4.69, 9.17) is 5.73 Å². The number of nitrogens with zero attached hydrogens (tertiary/aromatic N) is 4. The smallest absolute Gasteiger partial charge is 0.222 e. The molecule has 90 valence electrons.